The molecule has 0 radical (unpaired) electrons. The average Bonchev–Trinajstić information content (AvgIpc) is 2.62. The number of piperazine rings is 1. The van der Waals surface area contributed by atoms with Gasteiger partial charge in [-0.1, -0.05) is 6.92 Å². The molecule has 0 bridgehead atoms. The number of benzene rings is 1. The van der Waals surface area contributed by atoms with Crippen molar-refractivity contribution in [2.75, 3.05) is 50.6 Å². The second kappa shape index (κ2) is 7.91. The molecule has 1 saturated heterocycles. The molecule has 2 atom stereocenters. The topological polar surface area (TPSA) is 61.9 Å². The fourth-order valence-electron chi connectivity index (χ4n) is 3.63. The Hall–Kier alpha value is -2.34. The van der Waals surface area contributed by atoms with Gasteiger partial charge in [-0.05, 0) is 43.7 Å². The summed E-state index contributed by atoms with van der Waals surface area (Å²) in [6.45, 7) is 6.14. The summed E-state index contributed by atoms with van der Waals surface area (Å²) in [5.41, 5.74) is 3.01. The van der Waals surface area contributed by atoms with Crippen molar-refractivity contribution in [3.05, 3.63) is 36.0 Å². The Morgan fingerprint density at radius 1 is 1.15 bits per heavy atom. The number of methoxy groups -OCH3 is 1. The minimum Gasteiger partial charge on any atom is -0.468 e. The van der Waals surface area contributed by atoms with E-state index >= 15 is 0 Å². The summed E-state index contributed by atoms with van der Waals surface area (Å²) in [7, 11) is 3.47. The van der Waals surface area contributed by atoms with Crippen molar-refractivity contribution in [3.63, 3.8) is 0 Å². The molecule has 0 amide bonds. The maximum Gasteiger partial charge on any atom is 0.316 e. The third kappa shape index (κ3) is 4.07. The van der Waals surface area contributed by atoms with Crippen LogP contribution in [0.2, 0.25) is 0 Å². The van der Waals surface area contributed by atoms with E-state index in [4.69, 9.17) is 4.74 Å². The van der Waals surface area contributed by atoms with E-state index in [2.05, 4.69) is 34.3 Å². The summed E-state index contributed by atoms with van der Waals surface area (Å²) in [5.74, 6) is -1.40. The molecule has 0 spiro atoms. The number of ether oxygens (including phenoxy) is 1. The number of hydrogen-bond acceptors (Lipinski definition) is 6. The summed E-state index contributed by atoms with van der Waals surface area (Å²) >= 11 is 0. The second-order valence-electron chi connectivity index (χ2n) is 7.22. The van der Waals surface area contributed by atoms with E-state index in [1.807, 2.05) is 19.1 Å². The minimum atomic E-state index is -0.690. The van der Waals surface area contributed by atoms with Crippen LogP contribution in [-0.2, 0) is 14.3 Å². The SMILES string of the molecule is COC(=O)C1C(=O)C=C(Nc2ccc(N3CCN(C)CC3)cc2)CC1C. The van der Waals surface area contributed by atoms with Crippen LogP contribution in [0.15, 0.2) is 36.0 Å². The van der Waals surface area contributed by atoms with E-state index in [9.17, 15) is 9.59 Å². The number of nitrogens with zero attached hydrogens (tertiary/aromatic N) is 2. The van der Waals surface area contributed by atoms with Crippen LogP contribution in [0.4, 0.5) is 11.4 Å². The number of esters is 1. The maximum absolute atomic E-state index is 12.3. The number of likely N-dealkylation sites (N-methyl/N-ethyl adjacent to an activating group) is 1. The van der Waals surface area contributed by atoms with Gasteiger partial charge in [0.2, 0.25) is 0 Å². The van der Waals surface area contributed by atoms with Gasteiger partial charge in [0.15, 0.2) is 5.78 Å². The molecule has 6 heteroatoms. The van der Waals surface area contributed by atoms with Gasteiger partial charge in [-0.25, -0.2) is 0 Å². The highest BCUT2D eigenvalue weighted by molar-refractivity contribution is 6.06. The summed E-state index contributed by atoms with van der Waals surface area (Å²) < 4.78 is 4.74. The molecule has 2 unspecified atom stereocenters. The van der Waals surface area contributed by atoms with Gasteiger partial charge in [0.05, 0.1) is 7.11 Å². The predicted molar refractivity (Wildman–Crippen MR) is 102 cm³/mol. The van der Waals surface area contributed by atoms with Crippen molar-refractivity contribution in [1.29, 1.82) is 0 Å². The smallest absolute Gasteiger partial charge is 0.316 e. The first-order chi connectivity index (χ1) is 12.5. The summed E-state index contributed by atoms with van der Waals surface area (Å²) in [6.07, 6.45) is 2.18. The molecule has 26 heavy (non-hydrogen) atoms. The molecule has 0 aromatic heterocycles. The number of nitrogens with one attached hydrogen (secondary N) is 1. The van der Waals surface area contributed by atoms with Crippen LogP contribution < -0.4 is 10.2 Å². The Balaban J connectivity index is 1.64. The molecule has 0 saturated carbocycles. The van der Waals surface area contributed by atoms with Gasteiger partial charge in [-0.2, -0.15) is 0 Å². The number of anilines is 2. The molecule has 1 aliphatic carbocycles. The average molecular weight is 357 g/mol. The first kappa shape index (κ1) is 18.5. The Morgan fingerprint density at radius 3 is 2.38 bits per heavy atom. The summed E-state index contributed by atoms with van der Waals surface area (Å²) in [5, 5.41) is 3.32. The monoisotopic (exact) mass is 357 g/mol. The summed E-state index contributed by atoms with van der Waals surface area (Å²) in [6, 6.07) is 8.30. The standard InChI is InChI=1S/C20H27N3O3/c1-14-12-16(13-18(24)19(14)20(25)26-3)21-15-4-6-17(7-5-15)23-10-8-22(2)9-11-23/h4-7,13-14,19,21H,8-12H2,1-3H3. The van der Waals surface area contributed by atoms with Gasteiger partial charge < -0.3 is 19.9 Å². The van der Waals surface area contributed by atoms with E-state index in [1.165, 1.54) is 18.9 Å². The molecule has 1 aromatic carbocycles. The highest BCUT2D eigenvalue weighted by atomic mass is 16.5. The van der Waals surface area contributed by atoms with Crippen LogP contribution in [0.5, 0.6) is 0 Å². The fraction of sp³-hybridized carbons (Fsp3) is 0.500. The van der Waals surface area contributed by atoms with Gasteiger partial charge in [0, 0.05) is 49.3 Å². The third-order valence-corrected chi connectivity index (χ3v) is 5.23. The van der Waals surface area contributed by atoms with Gasteiger partial charge in [0.1, 0.15) is 5.92 Å². The lowest BCUT2D eigenvalue weighted by Gasteiger charge is -2.34. The predicted octanol–water partition coefficient (Wildman–Crippen LogP) is 2.13. The molecule has 6 nitrogen and oxygen atoms in total. The maximum atomic E-state index is 12.3. The number of carbonyl (C=O) groups excluding carboxylic acids is 2. The summed E-state index contributed by atoms with van der Waals surface area (Å²) in [4.78, 5) is 28.7. The molecule has 2 aliphatic rings. The lowest BCUT2D eigenvalue weighted by molar-refractivity contribution is -0.150. The van der Waals surface area contributed by atoms with E-state index in [-0.39, 0.29) is 11.7 Å². The zero-order valence-corrected chi connectivity index (χ0v) is 15.7. The lowest BCUT2D eigenvalue weighted by Crippen LogP contribution is -2.44. The van der Waals surface area contributed by atoms with Crippen molar-refractivity contribution in [1.82, 2.24) is 4.90 Å². The molecular formula is C20H27N3O3. The van der Waals surface area contributed by atoms with Crippen molar-refractivity contribution in [3.8, 4) is 0 Å². The van der Waals surface area contributed by atoms with Gasteiger partial charge >= 0.3 is 5.97 Å². The number of ketones is 1. The van der Waals surface area contributed by atoms with Crippen LogP contribution in [0, 0.1) is 11.8 Å². The third-order valence-electron chi connectivity index (χ3n) is 5.23. The number of carbonyl (C=O) groups is 2. The van der Waals surface area contributed by atoms with E-state index in [1.54, 1.807) is 0 Å². The van der Waals surface area contributed by atoms with Crippen molar-refractivity contribution in [2.45, 2.75) is 13.3 Å². The first-order valence-corrected chi connectivity index (χ1v) is 9.10. The lowest BCUT2D eigenvalue weighted by atomic mass is 9.82. The number of hydrogen-bond donors (Lipinski definition) is 1. The quantitative estimate of drug-likeness (QED) is 0.658. The molecule has 3 rings (SSSR count). The Kier molecular flexibility index (Phi) is 5.61. The van der Waals surface area contributed by atoms with Gasteiger partial charge in [-0.15, -0.1) is 0 Å². The first-order valence-electron chi connectivity index (χ1n) is 9.10. The molecule has 140 valence electrons. The zero-order chi connectivity index (χ0) is 18.7. The van der Waals surface area contributed by atoms with E-state index in [0.717, 1.165) is 37.6 Å². The van der Waals surface area contributed by atoms with Crippen LogP contribution in [0.1, 0.15) is 13.3 Å². The molecule has 1 N–H and O–H groups in total. The Labute approximate surface area is 154 Å². The highest BCUT2D eigenvalue weighted by Gasteiger charge is 2.35. The highest BCUT2D eigenvalue weighted by Crippen LogP contribution is 2.29. The van der Waals surface area contributed by atoms with Gasteiger partial charge in [0.25, 0.3) is 0 Å². The van der Waals surface area contributed by atoms with Crippen LogP contribution in [0.3, 0.4) is 0 Å². The van der Waals surface area contributed by atoms with E-state index < -0.39 is 11.9 Å². The fourth-order valence-corrected chi connectivity index (χ4v) is 3.63. The Bertz CT molecular complexity index is 691. The van der Waals surface area contributed by atoms with E-state index in [0.29, 0.717) is 6.42 Å². The van der Waals surface area contributed by atoms with Crippen molar-refractivity contribution >= 4 is 23.1 Å². The van der Waals surface area contributed by atoms with Crippen molar-refractivity contribution < 1.29 is 14.3 Å². The minimum absolute atomic E-state index is 0.0768. The number of allylic oxidation sites excluding steroid dienone is 2. The molecule has 1 aromatic rings. The van der Waals surface area contributed by atoms with Gasteiger partial charge in [-0.3, -0.25) is 9.59 Å². The largest absolute Gasteiger partial charge is 0.468 e. The molecular weight excluding hydrogens is 330 g/mol. The van der Waals surface area contributed by atoms with Crippen molar-refractivity contribution in [2.24, 2.45) is 11.8 Å². The number of rotatable bonds is 4. The van der Waals surface area contributed by atoms with Crippen LogP contribution in [0.25, 0.3) is 0 Å². The Morgan fingerprint density at radius 2 is 1.81 bits per heavy atom. The normalized spacial score (nSPS) is 24.2. The van der Waals surface area contributed by atoms with Crippen LogP contribution >= 0.6 is 0 Å². The molecule has 1 fully saturated rings. The molecule has 1 heterocycles. The van der Waals surface area contributed by atoms with Crippen LogP contribution in [-0.4, -0.2) is 57.0 Å². The zero-order valence-electron chi connectivity index (χ0n) is 15.7. The second-order valence-corrected chi connectivity index (χ2v) is 7.22. The molecule has 1 aliphatic heterocycles.